The Morgan fingerprint density at radius 2 is 1.73 bits per heavy atom. The van der Waals surface area contributed by atoms with E-state index in [1.165, 1.54) is 16.8 Å². The molecule has 0 spiro atoms. The molecule has 3 aromatic rings. The maximum atomic E-state index is 12.9. The second-order valence-electron chi connectivity index (χ2n) is 7.45. The number of nitro groups is 1. The molecule has 1 N–H and O–H groups in total. The first-order valence-electron chi connectivity index (χ1n) is 9.99. The van der Waals surface area contributed by atoms with Crippen molar-refractivity contribution in [3.8, 4) is 5.69 Å². The smallest absolute Gasteiger partial charge is 0.295 e. The number of carbonyl (C=O) groups excluding carboxylic acids is 3. The molecular formula is C22H19N5O6. The van der Waals surface area contributed by atoms with Gasteiger partial charge in [0.2, 0.25) is 5.91 Å². The fraction of sp³-hybridized carbons (Fsp3) is 0.182. The first-order valence-corrected chi connectivity index (χ1v) is 9.99. The van der Waals surface area contributed by atoms with Gasteiger partial charge in [0.25, 0.3) is 23.1 Å². The summed E-state index contributed by atoms with van der Waals surface area (Å²) in [4.78, 5) is 61.9. The monoisotopic (exact) mass is 449 g/mol. The van der Waals surface area contributed by atoms with Gasteiger partial charge in [0.05, 0.1) is 21.9 Å². The minimum Gasteiger partial charge on any atom is -0.320 e. The molecule has 0 bridgehead atoms. The lowest BCUT2D eigenvalue weighted by Gasteiger charge is -2.13. The summed E-state index contributed by atoms with van der Waals surface area (Å²) in [7, 11) is 1.69. The molecule has 33 heavy (non-hydrogen) atoms. The standard InChI is InChI=1S/C22H19N5O6/c1-13-19(22(31)26(24(13)2)14-7-4-3-5-8-14)23-17(28)11-12-25-20(29)15-9-6-10-16(27(32)33)18(15)21(25)30/h3-10H,11-12H2,1-2H3,(H,23,28). The maximum Gasteiger partial charge on any atom is 0.295 e. The van der Waals surface area contributed by atoms with E-state index in [0.29, 0.717) is 11.4 Å². The second-order valence-corrected chi connectivity index (χ2v) is 7.45. The molecule has 0 saturated carbocycles. The summed E-state index contributed by atoms with van der Waals surface area (Å²) in [6, 6.07) is 12.7. The van der Waals surface area contributed by atoms with Crippen LogP contribution in [0.4, 0.5) is 11.4 Å². The van der Waals surface area contributed by atoms with Crippen molar-refractivity contribution in [1.82, 2.24) is 14.3 Å². The van der Waals surface area contributed by atoms with Crippen molar-refractivity contribution in [2.24, 2.45) is 7.05 Å². The molecule has 11 heteroatoms. The summed E-state index contributed by atoms with van der Waals surface area (Å²) in [5, 5.41) is 13.8. The van der Waals surface area contributed by atoms with Gasteiger partial charge >= 0.3 is 0 Å². The molecule has 2 aromatic carbocycles. The van der Waals surface area contributed by atoms with E-state index in [-0.39, 0.29) is 29.8 Å². The number of rotatable bonds is 6. The largest absolute Gasteiger partial charge is 0.320 e. The first kappa shape index (κ1) is 21.7. The quantitative estimate of drug-likeness (QED) is 0.347. The number of hydrogen-bond donors (Lipinski definition) is 1. The van der Waals surface area contributed by atoms with Crippen LogP contribution in [-0.2, 0) is 11.8 Å². The summed E-state index contributed by atoms with van der Waals surface area (Å²) in [5.74, 6) is -2.10. The lowest BCUT2D eigenvalue weighted by atomic mass is 10.1. The summed E-state index contributed by atoms with van der Waals surface area (Å²) in [6.45, 7) is 1.40. The van der Waals surface area contributed by atoms with Crippen LogP contribution in [-0.4, -0.2) is 43.5 Å². The summed E-state index contributed by atoms with van der Waals surface area (Å²) in [6.07, 6.45) is -0.279. The van der Waals surface area contributed by atoms with Crippen LogP contribution in [0.25, 0.3) is 5.69 Å². The number of aromatic nitrogens is 2. The molecule has 1 aliphatic rings. The van der Waals surface area contributed by atoms with Crippen LogP contribution in [0.1, 0.15) is 32.8 Å². The molecule has 1 aromatic heterocycles. The number of carbonyl (C=O) groups is 3. The van der Waals surface area contributed by atoms with E-state index in [2.05, 4.69) is 5.32 Å². The van der Waals surface area contributed by atoms with Crippen LogP contribution < -0.4 is 10.9 Å². The highest BCUT2D eigenvalue weighted by Crippen LogP contribution is 2.30. The molecular weight excluding hydrogens is 430 g/mol. The van der Waals surface area contributed by atoms with Crippen LogP contribution >= 0.6 is 0 Å². The lowest BCUT2D eigenvalue weighted by Crippen LogP contribution is -2.33. The number of benzene rings is 2. The third-order valence-corrected chi connectivity index (χ3v) is 5.55. The van der Waals surface area contributed by atoms with E-state index in [1.807, 2.05) is 6.07 Å². The van der Waals surface area contributed by atoms with Gasteiger partial charge in [0.1, 0.15) is 11.3 Å². The van der Waals surface area contributed by atoms with Crippen molar-refractivity contribution in [2.75, 3.05) is 11.9 Å². The Morgan fingerprint density at radius 3 is 2.39 bits per heavy atom. The van der Waals surface area contributed by atoms with Gasteiger partial charge in [-0.2, -0.15) is 0 Å². The fourth-order valence-corrected chi connectivity index (χ4v) is 3.80. The third kappa shape index (κ3) is 3.59. The second kappa shape index (κ2) is 8.19. The molecule has 168 valence electrons. The highest BCUT2D eigenvalue weighted by atomic mass is 16.6. The molecule has 3 amide bonds. The van der Waals surface area contributed by atoms with Gasteiger partial charge in [-0.1, -0.05) is 24.3 Å². The molecule has 0 aliphatic carbocycles. The number of para-hydroxylation sites is 1. The van der Waals surface area contributed by atoms with Crippen LogP contribution in [0.3, 0.4) is 0 Å². The van der Waals surface area contributed by atoms with Gasteiger partial charge < -0.3 is 5.32 Å². The molecule has 4 rings (SSSR count). The Bertz CT molecular complexity index is 1370. The minimum atomic E-state index is -0.822. The molecule has 0 saturated heterocycles. The number of anilines is 1. The van der Waals surface area contributed by atoms with Crippen molar-refractivity contribution >= 4 is 29.1 Å². The average molecular weight is 449 g/mol. The number of fused-ring (bicyclic) bond motifs is 1. The predicted molar refractivity (Wildman–Crippen MR) is 117 cm³/mol. The summed E-state index contributed by atoms with van der Waals surface area (Å²) in [5.41, 5.74) is 0.000951. The van der Waals surface area contributed by atoms with E-state index in [4.69, 9.17) is 0 Å². The number of nitrogens with zero attached hydrogens (tertiary/aromatic N) is 4. The van der Waals surface area contributed by atoms with Crippen molar-refractivity contribution < 1.29 is 19.3 Å². The topological polar surface area (TPSA) is 137 Å². The van der Waals surface area contributed by atoms with Gasteiger partial charge in [-0.15, -0.1) is 0 Å². The Morgan fingerprint density at radius 1 is 1.03 bits per heavy atom. The van der Waals surface area contributed by atoms with E-state index < -0.39 is 33.9 Å². The fourth-order valence-electron chi connectivity index (χ4n) is 3.80. The van der Waals surface area contributed by atoms with Crippen molar-refractivity contribution in [2.45, 2.75) is 13.3 Å². The minimum absolute atomic E-state index is 0.0701. The average Bonchev–Trinajstić information content (AvgIpc) is 3.17. The number of imide groups is 1. The number of amides is 3. The highest BCUT2D eigenvalue weighted by Gasteiger charge is 2.40. The zero-order chi connectivity index (χ0) is 23.9. The van der Waals surface area contributed by atoms with Gasteiger partial charge in [-0.05, 0) is 25.1 Å². The highest BCUT2D eigenvalue weighted by molar-refractivity contribution is 6.23. The molecule has 1 aliphatic heterocycles. The van der Waals surface area contributed by atoms with E-state index in [1.54, 1.807) is 42.9 Å². The molecule has 2 heterocycles. The number of hydrogen-bond acceptors (Lipinski definition) is 6. The Balaban J connectivity index is 1.51. The Hall–Kier alpha value is -4.54. The maximum absolute atomic E-state index is 12.9. The molecule has 0 atom stereocenters. The molecule has 0 fully saturated rings. The summed E-state index contributed by atoms with van der Waals surface area (Å²) < 4.78 is 3.02. The number of nitrogens with one attached hydrogen (secondary N) is 1. The van der Waals surface area contributed by atoms with Crippen molar-refractivity contribution in [1.29, 1.82) is 0 Å². The molecule has 0 radical (unpaired) electrons. The Labute approximate surface area is 187 Å². The zero-order valence-electron chi connectivity index (χ0n) is 17.8. The number of nitro benzene ring substituents is 1. The lowest BCUT2D eigenvalue weighted by molar-refractivity contribution is -0.385. The van der Waals surface area contributed by atoms with Gasteiger partial charge in [-0.25, -0.2) is 4.68 Å². The Kier molecular flexibility index (Phi) is 5.38. The van der Waals surface area contributed by atoms with Crippen molar-refractivity contribution in [3.63, 3.8) is 0 Å². The first-order chi connectivity index (χ1) is 15.7. The van der Waals surface area contributed by atoms with Crippen LogP contribution in [0.2, 0.25) is 0 Å². The third-order valence-electron chi connectivity index (χ3n) is 5.55. The van der Waals surface area contributed by atoms with Crippen LogP contribution in [0.15, 0.2) is 53.3 Å². The van der Waals surface area contributed by atoms with Gasteiger partial charge in [0, 0.05) is 26.1 Å². The zero-order valence-corrected chi connectivity index (χ0v) is 17.8. The predicted octanol–water partition coefficient (Wildman–Crippen LogP) is 2.02. The molecule has 0 unspecified atom stereocenters. The molecule has 11 nitrogen and oxygen atoms in total. The van der Waals surface area contributed by atoms with E-state index in [0.717, 1.165) is 11.0 Å². The van der Waals surface area contributed by atoms with Crippen LogP contribution in [0.5, 0.6) is 0 Å². The van der Waals surface area contributed by atoms with Gasteiger partial charge in [-0.3, -0.25) is 38.9 Å². The van der Waals surface area contributed by atoms with E-state index in [9.17, 15) is 29.3 Å². The SMILES string of the molecule is Cc1c(NC(=O)CCN2C(=O)c3cccc([N+](=O)[O-])c3C2=O)c(=O)n(-c2ccccc2)n1C. The summed E-state index contributed by atoms with van der Waals surface area (Å²) >= 11 is 0. The van der Waals surface area contributed by atoms with E-state index >= 15 is 0 Å². The van der Waals surface area contributed by atoms with Gasteiger partial charge in [0.15, 0.2) is 0 Å². The van der Waals surface area contributed by atoms with Crippen molar-refractivity contribution in [3.05, 3.63) is 85.8 Å². The normalized spacial score (nSPS) is 12.7. The van der Waals surface area contributed by atoms with Crippen LogP contribution in [0, 0.1) is 17.0 Å².